The molecule has 1 aromatic heterocycles. The average molecular weight is 567 g/mol. The fourth-order valence-corrected chi connectivity index (χ4v) is 3.44. The number of hydrogen-bond acceptors (Lipinski definition) is 7. The highest BCUT2D eigenvalue weighted by atomic mass is 35.5. The lowest BCUT2D eigenvalue weighted by Gasteiger charge is -2.18. The van der Waals surface area contributed by atoms with Crippen LogP contribution in [0, 0.1) is 6.92 Å². The Balaban J connectivity index is 1.72. The molecule has 0 fully saturated rings. The highest BCUT2D eigenvalue weighted by molar-refractivity contribution is 6.31. The van der Waals surface area contributed by atoms with E-state index in [1.807, 2.05) is 0 Å². The zero-order valence-corrected chi connectivity index (χ0v) is 21.9. The van der Waals surface area contributed by atoms with Crippen molar-refractivity contribution in [3.05, 3.63) is 70.5 Å². The number of anilines is 2. The molecule has 0 aliphatic heterocycles. The molecule has 0 radical (unpaired) electrons. The summed E-state index contributed by atoms with van der Waals surface area (Å²) < 4.78 is 51.5. The SMILES string of the molecule is CNCCOc1cc(Cl)c(C(F)(F)F)cc1NC(=O)NNc1ccc(C)c(Oc2ccnc(C(=O)NC)c2)c1. The number of nitrogens with zero attached hydrogens (tertiary/aromatic N) is 1. The first-order valence-electron chi connectivity index (χ1n) is 11.5. The summed E-state index contributed by atoms with van der Waals surface area (Å²) >= 11 is 5.80. The number of pyridine rings is 1. The van der Waals surface area contributed by atoms with E-state index in [1.165, 1.54) is 19.3 Å². The molecule has 0 saturated carbocycles. The lowest BCUT2D eigenvalue weighted by molar-refractivity contribution is -0.137. The summed E-state index contributed by atoms with van der Waals surface area (Å²) in [7, 11) is 3.17. The van der Waals surface area contributed by atoms with Crippen molar-refractivity contribution in [3.8, 4) is 17.2 Å². The Kier molecular flexibility index (Phi) is 9.79. The van der Waals surface area contributed by atoms with Gasteiger partial charge in [0.05, 0.1) is 22.0 Å². The first-order chi connectivity index (χ1) is 18.5. The number of amides is 3. The summed E-state index contributed by atoms with van der Waals surface area (Å²) in [5, 5.41) is 7.11. The third-order valence-corrected chi connectivity index (χ3v) is 5.47. The quantitative estimate of drug-likeness (QED) is 0.173. The molecular weight excluding hydrogens is 541 g/mol. The van der Waals surface area contributed by atoms with Crippen LogP contribution in [0.2, 0.25) is 5.02 Å². The van der Waals surface area contributed by atoms with Crippen molar-refractivity contribution >= 4 is 34.9 Å². The number of nitrogens with one attached hydrogen (secondary N) is 5. The predicted octanol–water partition coefficient (Wildman–Crippen LogP) is 4.96. The van der Waals surface area contributed by atoms with Crippen molar-refractivity contribution in [1.82, 2.24) is 21.0 Å². The Hall–Kier alpha value is -4.23. The summed E-state index contributed by atoms with van der Waals surface area (Å²) in [6.07, 6.45) is -3.30. The molecule has 3 aromatic rings. The van der Waals surface area contributed by atoms with Gasteiger partial charge >= 0.3 is 12.2 Å². The molecule has 0 aliphatic carbocycles. The molecule has 10 nitrogen and oxygen atoms in total. The van der Waals surface area contributed by atoms with E-state index in [0.29, 0.717) is 29.8 Å². The molecule has 0 atom stereocenters. The first kappa shape index (κ1) is 29.3. The number of alkyl halides is 3. The van der Waals surface area contributed by atoms with Crippen LogP contribution in [-0.2, 0) is 6.18 Å². The summed E-state index contributed by atoms with van der Waals surface area (Å²) in [6, 6.07) is 8.86. The van der Waals surface area contributed by atoms with Crippen molar-refractivity contribution in [2.24, 2.45) is 0 Å². The van der Waals surface area contributed by atoms with Gasteiger partial charge in [0.2, 0.25) is 0 Å². The standard InChI is InChI=1S/C25H26ClF3N6O4/c1-14-4-5-15(10-21(14)39-16-6-7-32-20(11-16)23(36)31-3)34-35-24(37)33-19-12-17(25(27,28)29)18(26)13-22(19)38-9-8-30-2/h4-7,10-13,30,34H,8-9H2,1-3H3,(H,31,36)(H2,33,35,37). The molecule has 0 saturated heterocycles. The molecule has 3 amide bonds. The van der Waals surface area contributed by atoms with Crippen LogP contribution in [0.25, 0.3) is 0 Å². The van der Waals surface area contributed by atoms with Gasteiger partial charge in [-0.15, -0.1) is 0 Å². The van der Waals surface area contributed by atoms with Gasteiger partial charge in [0.25, 0.3) is 5.91 Å². The Bertz CT molecular complexity index is 1340. The van der Waals surface area contributed by atoms with Crippen molar-refractivity contribution < 1.29 is 32.2 Å². The predicted molar refractivity (Wildman–Crippen MR) is 141 cm³/mol. The summed E-state index contributed by atoms with van der Waals surface area (Å²) in [5.74, 6) is 0.381. The maximum atomic E-state index is 13.4. The van der Waals surface area contributed by atoms with Crippen LogP contribution in [0.4, 0.5) is 29.3 Å². The third-order valence-electron chi connectivity index (χ3n) is 5.16. The number of ether oxygens (including phenoxy) is 2. The Labute approximate surface area is 227 Å². The van der Waals surface area contributed by atoms with Gasteiger partial charge in [-0.1, -0.05) is 17.7 Å². The monoisotopic (exact) mass is 566 g/mol. The molecule has 0 spiro atoms. The van der Waals surface area contributed by atoms with E-state index in [0.717, 1.165) is 11.6 Å². The molecule has 3 rings (SSSR count). The number of hydrogen-bond donors (Lipinski definition) is 5. The van der Waals surface area contributed by atoms with Crippen LogP contribution in [0.5, 0.6) is 17.2 Å². The zero-order valence-electron chi connectivity index (χ0n) is 21.1. The van der Waals surface area contributed by atoms with Gasteiger partial charge < -0.3 is 25.4 Å². The summed E-state index contributed by atoms with van der Waals surface area (Å²) in [4.78, 5) is 28.4. The van der Waals surface area contributed by atoms with Crippen LogP contribution in [0.1, 0.15) is 21.6 Å². The van der Waals surface area contributed by atoms with E-state index < -0.39 is 22.8 Å². The second-order valence-electron chi connectivity index (χ2n) is 8.02. The normalized spacial score (nSPS) is 10.9. The topological polar surface area (TPSA) is 126 Å². The van der Waals surface area contributed by atoms with Crippen LogP contribution in [0.15, 0.2) is 48.7 Å². The van der Waals surface area contributed by atoms with E-state index in [-0.39, 0.29) is 29.6 Å². The minimum atomic E-state index is -4.74. The largest absolute Gasteiger partial charge is 0.490 e. The molecule has 5 N–H and O–H groups in total. The van der Waals surface area contributed by atoms with Crippen molar-refractivity contribution in [2.45, 2.75) is 13.1 Å². The van der Waals surface area contributed by atoms with Crippen molar-refractivity contribution in [3.63, 3.8) is 0 Å². The van der Waals surface area contributed by atoms with Crippen LogP contribution < -0.4 is 36.3 Å². The van der Waals surface area contributed by atoms with Gasteiger partial charge in [0.1, 0.15) is 29.5 Å². The van der Waals surface area contributed by atoms with E-state index in [4.69, 9.17) is 21.1 Å². The molecule has 1 heterocycles. The number of carbonyl (C=O) groups excluding carboxylic acids is 2. The van der Waals surface area contributed by atoms with E-state index in [9.17, 15) is 22.8 Å². The molecule has 39 heavy (non-hydrogen) atoms. The fourth-order valence-electron chi connectivity index (χ4n) is 3.18. The Morgan fingerprint density at radius 1 is 1.05 bits per heavy atom. The number of aryl methyl sites for hydroxylation is 1. The molecule has 208 valence electrons. The van der Waals surface area contributed by atoms with E-state index in [2.05, 4.69) is 31.8 Å². The number of carbonyl (C=O) groups is 2. The molecule has 0 bridgehead atoms. The van der Waals surface area contributed by atoms with Gasteiger partial charge in [-0.2, -0.15) is 13.2 Å². The molecule has 2 aromatic carbocycles. The van der Waals surface area contributed by atoms with Crippen LogP contribution in [-0.4, -0.2) is 44.2 Å². The van der Waals surface area contributed by atoms with Crippen LogP contribution in [0.3, 0.4) is 0 Å². The second-order valence-corrected chi connectivity index (χ2v) is 8.43. The highest BCUT2D eigenvalue weighted by Crippen LogP contribution is 2.40. The summed E-state index contributed by atoms with van der Waals surface area (Å²) in [5.41, 5.74) is 5.02. The number of halogens is 4. The maximum absolute atomic E-state index is 13.4. The van der Waals surface area contributed by atoms with Gasteiger partial charge in [0, 0.05) is 38.0 Å². The van der Waals surface area contributed by atoms with Gasteiger partial charge in [-0.05, 0) is 37.7 Å². The highest BCUT2D eigenvalue weighted by Gasteiger charge is 2.34. The number of benzene rings is 2. The smallest absolute Gasteiger partial charge is 0.417 e. The second kappa shape index (κ2) is 13.0. The lowest BCUT2D eigenvalue weighted by atomic mass is 10.1. The summed E-state index contributed by atoms with van der Waals surface area (Å²) in [6.45, 7) is 2.34. The van der Waals surface area contributed by atoms with Gasteiger partial charge in [-0.25, -0.2) is 4.79 Å². The molecular formula is C25H26ClF3N6O4. The molecule has 0 unspecified atom stereocenters. The molecule has 14 heteroatoms. The Morgan fingerprint density at radius 3 is 2.51 bits per heavy atom. The van der Waals surface area contributed by atoms with Crippen molar-refractivity contribution in [1.29, 1.82) is 0 Å². The fraction of sp³-hybridized carbons (Fsp3) is 0.240. The minimum Gasteiger partial charge on any atom is -0.490 e. The van der Waals surface area contributed by atoms with Crippen molar-refractivity contribution in [2.75, 3.05) is 38.0 Å². The number of urea groups is 1. The number of rotatable bonds is 10. The third kappa shape index (κ3) is 8.12. The zero-order chi connectivity index (χ0) is 28.6. The van der Waals surface area contributed by atoms with E-state index >= 15 is 0 Å². The Morgan fingerprint density at radius 2 is 1.82 bits per heavy atom. The van der Waals surface area contributed by atoms with Gasteiger partial charge in [-0.3, -0.25) is 20.6 Å². The maximum Gasteiger partial charge on any atom is 0.417 e. The van der Waals surface area contributed by atoms with Gasteiger partial charge in [0.15, 0.2) is 0 Å². The number of aromatic nitrogens is 1. The number of likely N-dealkylation sites (N-methyl/N-ethyl adjacent to an activating group) is 1. The minimum absolute atomic E-state index is 0.0297. The first-order valence-corrected chi connectivity index (χ1v) is 11.9. The lowest BCUT2D eigenvalue weighted by Crippen LogP contribution is -2.33. The van der Waals surface area contributed by atoms with Crippen LogP contribution >= 0.6 is 11.6 Å². The number of hydrazine groups is 1. The average Bonchev–Trinajstić information content (AvgIpc) is 2.89. The molecule has 0 aliphatic rings. The van der Waals surface area contributed by atoms with E-state index in [1.54, 1.807) is 38.2 Å².